The lowest BCUT2D eigenvalue weighted by atomic mass is 10.1. The molecular formula is C10H20N4O. The van der Waals surface area contributed by atoms with E-state index in [0.29, 0.717) is 25.1 Å². The molecule has 0 amide bonds. The van der Waals surface area contributed by atoms with Gasteiger partial charge in [-0.1, -0.05) is 19.1 Å². The van der Waals surface area contributed by atoms with Gasteiger partial charge in [0.2, 0.25) is 0 Å². The third-order valence-corrected chi connectivity index (χ3v) is 2.70. The molecule has 0 bridgehead atoms. The number of methoxy groups -OCH3 is 1. The van der Waals surface area contributed by atoms with Crippen molar-refractivity contribution >= 4 is 0 Å². The first kappa shape index (κ1) is 12.1. The minimum absolute atomic E-state index is 0.308. The van der Waals surface area contributed by atoms with Crippen molar-refractivity contribution in [2.45, 2.75) is 40.0 Å². The smallest absolute Gasteiger partial charge is 0.102 e. The summed E-state index contributed by atoms with van der Waals surface area (Å²) in [5.41, 5.74) is 7.41. The summed E-state index contributed by atoms with van der Waals surface area (Å²) in [6.07, 6.45) is 0. The van der Waals surface area contributed by atoms with Crippen LogP contribution in [0.5, 0.6) is 0 Å². The Morgan fingerprint density at radius 1 is 1.40 bits per heavy atom. The summed E-state index contributed by atoms with van der Waals surface area (Å²) in [4.78, 5) is 0. The van der Waals surface area contributed by atoms with Crippen LogP contribution < -0.4 is 5.73 Å². The van der Waals surface area contributed by atoms with Gasteiger partial charge in [-0.05, 0) is 12.8 Å². The first-order valence-electron chi connectivity index (χ1n) is 5.23. The summed E-state index contributed by atoms with van der Waals surface area (Å²) in [6.45, 7) is 7.36. The Morgan fingerprint density at radius 2 is 2.07 bits per heavy atom. The number of hydrogen-bond acceptors (Lipinski definition) is 4. The standard InChI is InChI=1S/C10H20N4O/c1-7(2)8(3)14-10(6-15-4)9(5-11)12-13-14/h7-8H,5-6,11H2,1-4H3. The van der Waals surface area contributed by atoms with Gasteiger partial charge in [0.15, 0.2) is 0 Å². The van der Waals surface area contributed by atoms with E-state index in [2.05, 4.69) is 31.1 Å². The molecule has 1 aromatic heterocycles. The average molecular weight is 212 g/mol. The quantitative estimate of drug-likeness (QED) is 0.793. The zero-order chi connectivity index (χ0) is 11.4. The van der Waals surface area contributed by atoms with Crippen LogP contribution in [0.25, 0.3) is 0 Å². The predicted molar refractivity (Wildman–Crippen MR) is 58.2 cm³/mol. The normalized spacial score (nSPS) is 13.5. The Bertz CT molecular complexity index is 308. The number of nitrogens with zero attached hydrogens (tertiary/aromatic N) is 3. The monoisotopic (exact) mass is 212 g/mol. The molecule has 0 aliphatic rings. The molecule has 0 aliphatic heterocycles. The van der Waals surface area contributed by atoms with Crippen LogP contribution in [-0.2, 0) is 17.9 Å². The van der Waals surface area contributed by atoms with Crippen molar-refractivity contribution in [1.29, 1.82) is 0 Å². The van der Waals surface area contributed by atoms with Gasteiger partial charge < -0.3 is 10.5 Å². The third kappa shape index (κ3) is 2.54. The lowest BCUT2D eigenvalue weighted by Gasteiger charge is -2.18. The van der Waals surface area contributed by atoms with Gasteiger partial charge in [0, 0.05) is 13.7 Å². The highest BCUT2D eigenvalue weighted by Crippen LogP contribution is 2.19. The minimum atomic E-state index is 0.308. The molecule has 0 saturated heterocycles. The summed E-state index contributed by atoms with van der Waals surface area (Å²) in [5.74, 6) is 0.507. The maximum absolute atomic E-state index is 5.60. The molecule has 0 aliphatic carbocycles. The fourth-order valence-electron chi connectivity index (χ4n) is 1.40. The van der Waals surface area contributed by atoms with Crippen molar-refractivity contribution in [3.63, 3.8) is 0 Å². The second-order valence-corrected chi connectivity index (χ2v) is 4.05. The van der Waals surface area contributed by atoms with E-state index in [1.165, 1.54) is 0 Å². The highest BCUT2D eigenvalue weighted by Gasteiger charge is 2.18. The van der Waals surface area contributed by atoms with Crippen LogP contribution in [0.2, 0.25) is 0 Å². The lowest BCUT2D eigenvalue weighted by molar-refractivity contribution is 0.171. The van der Waals surface area contributed by atoms with Crippen LogP contribution in [0.4, 0.5) is 0 Å². The molecule has 15 heavy (non-hydrogen) atoms. The van der Waals surface area contributed by atoms with Crippen molar-refractivity contribution in [2.75, 3.05) is 7.11 Å². The number of rotatable bonds is 5. The number of hydrogen-bond donors (Lipinski definition) is 1. The Labute approximate surface area is 90.6 Å². The predicted octanol–water partition coefficient (Wildman–Crippen LogP) is 1.10. The van der Waals surface area contributed by atoms with E-state index >= 15 is 0 Å². The SMILES string of the molecule is COCc1c(CN)nnn1C(C)C(C)C. The maximum Gasteiger partial charge on any atom is 0.102 e. The molecule has 5 nitrogen and oxygen atoms in total. The summed E-state index contributed by atoms with van der Waals surface area (Å²) in [6, 6.07) is 0.308. The molecule has 5 heteroatoms. The molecule has 86 valence electrons. The molecule has 1 atom stereocenters. The van der Waals surface area contributed by atoms with Gasteiger partial charge in [0.25, 0.3) is 0 Å². The van der Waals surface area contributed by atoms with Crippen molar-refractivity contribution in [2.24, 2.45) is 11.7 Å². The first-order valence-corrected chi connectivity index (χ1v) is 5.23. The Kier molecular flexibility index (Phi) is 4.23. The van der Waals surface area contributed by atoms with E-state index in [-0.39, 0.29) is 0 Å². The second-order valence-electron chi connectivity index (χ2n) is 4.05. The Balaban J connectivity index is 3.01. The molecule has 1 rings (SSSR count). The van der Waals surface area contributed by atoms with Crippen LogP contribution in [0.3, 0.4) is 0 Å². The molecule has 0 fully saturated rings. The topological polar surface area (TPSA) is 66.0 Å². The molecule has 1 unspecified atom stereocenters. The molecular weight excluding hydrogens is 192 g/mol. The fraction of sp³-hybridized carbons (Fsp3) is 0.800. The van der Waals surface area contributed by atoms with Gasteiger partial charge in [-0.25, -0.2) is 4.68 Å². The van der Waals surface area contributed by atoms with Gasteiger partial charge in [-0.15, -0.1) is 5.10 Å². The summed E-state index contributed by atoms with van der Waals surface area (Å²) in [5, 5.41) is 8.20. The van der Waals surface area contributed by atoms with Gasteiger partial charge in [-0.3, -0.25) is 0 Å². The van der Waals surface area contributed by atoms with Gasteiger partial charge >= 0.3 is 0 Å². The van der Waals surface area contributed by atoms with E-state index in [0.717, 1.165) is 11.4 Å². The van der Waals surface area contributed by atoms with E-state index in [9.17, 15) is 0 Å². The van der Waals surface area contributed by atoms with Crippen molar-refractivity contribution < 1.29 is 4.74 Å². The van der Waals surface area contributed by atoms with Crippen LogP contribution >= 0.6 is 0 Å². The van der Waals surface area contributed by atoms with Gasteiger partial charge in [0.05, 0.1) is 18.3 Å². The summed E-state index contributed by atoms with van der Waals surface area (Å²) in [7, 11) is 1.66. The molecule has 1 heterocycles. The molecule has 2 N–H and O–H groups in total. The Hall–Kier alpha value is -0.940. The van der Waals surface area contributed by atoms with Crippen molar-refractivity contribution in [3.8, 4) is 0 Å². The summed E-state index contributed by atoms with van der Waals surface area (Å²) < 4.78 is 7.06. The minimum Gasteiger partial charge on any atom is -0.378 e. The first-order chi connectivity index (χ1) is 7.11. The fourth-order valence-corrected chi connectivity index (χ4v) is 1.40. The molecule has 0 radical (unpaired) electrons. The average Bonchev–Trinajstić information content (AvgIpc) is 2.60. The zero-order valence-electron chi connectivity index (χ0n) is 9.90. The van der Waals surface area contributed by atoms with E-state index in [1.807, 2.05) is 4.68 Å². The number of ether oxygens (including phenoxy) is 1. The van der Waals surface area contributed by atoms with E-state index < -0.39 is 0 Å². The van der Waals surface area contributed by atoms with Gasteiger partial charge in [-0.2, -0.15) is 0 Å². The Morgan fingerprint density at radius 3 is 2.53 bits per heavy atom. The molecule has 1 aromatic rings. The number of nitrogens with two attached hydrogens (primary N) is 1. The molecule has 0 saturated carbocycles. The highest BCUT2D eigenvalue weighted by molar-refractivity contribution is 5.09. The molecule has 0 spiro atoms. The lowest BCUT2D eigenvalue weighted by Crippen LogP contribution is -2.17. The van der Waals surface area contributed by atoms with E-state index in [1.54, 1.807) is 7.11 Å². The maximum atomic E-state index is 5.60. The van der Waals surface area contributed by atoms with Gasteiger partial charge in [0.1, 0.15) is 5.69 Å². The van der Waals surface area contributed by atoms with Crippen molar-refractivity contribution in [3.05, 3.63) is 11.4 Å². The van der Waals surface area contributed by atoms with Crippen LogP contribution in [0.15, 0.2) is 0 Å². The largest absolute Gasteiger partial charge is 0.378 e. The third-order valence-electron chi connectivity index (χ3n) is 2.70. The van der Waals surface area contributed by atoms with Crippen LogP contribution in [0, 0.1) is 5.92 Å². The van der Waals surface area contributed by atoms with Crippen LogP contribution in [-0.4, -0.2) is 22.1 Å². The number of aromatic nitrogens is 3. The van der Waals surface area contributed by atoms with E-state index in [4.69, 9.17) is 10.5 Å². The summed E-state index contributed by atoms with van der Waals surface area (Å²) >= 11 is 0. The zero-order valence-corrected chi connectivity index (χ0v) is 9.90. The second kappa shape index (κ2) is 5.23. The van der Waals surface area contributed by atoms with Crippen molar-refractivity contribution in [1.82, 2.24) is 15.0 Å². The van der Waals surface area contributed by atoms with Crippen LogP contribution in [0.1, 0.15) is 38.2 Å². The molecule has 0 aromatic carbocycles. The highest BCUT2D eigenvalue weighted by atomic mass is 16.5.